The zero-order chi connectivity index (χ0) is 14.7. The maximum Gasteiger partial charge on any atom is 0.323 e. The minimum atomic E-state index is -0.202. The molecule has 1 N–H and O–H groups in total. The average molecular weight is 306 g/mol. The second-order valence-corrected chi connectivity index (χ2v) is 5.21. The smallest absolute Gasteiger partial charge is 0.323 e. The van der Waals surface area contributed by atoms with Crippen LogP contribution in [0.25, 0.3) is 0 Å². The number of nitrogens with zero attached hydrogens (tertiary/aromatic N) is 3. The summed E-state index contributed by atoms with van der Waals surface area (Å²) >= 11 is 1.28. The number of hydrogen-bond donors (Lipinski definition) is 1. The molecule has 8 heteroatoms. The molecular weight excluding hydrogens is 292 g/mol. The monoisotopic (exact) mass is 306 g/mol. The Bertz CT molecular complexity index is 632. The molecule has 3 rings (SSSR count). The van der Waals surface area contributed by atoms with E-state index in [1.54, 1.807) is 10.4 Å². The van der Waals surface area contributed by atoms with Crippen LogP contribution in [0.4, 0.5) is 9.93 Å². The van der Waals surface area contributed by atoms with Gasteiger partial charge >= 0.3 is 6.03 Å². The van der Waals surface area contributed by atoms with Gasteiger partial charge in [-0.2, -0.15) is 0 Å². The quantitative estimate of drug-likeness (QED) is 0.938. The molecule has 0 saturated carbocycles. The van der Waals surface area contributed by atoms with Crippen molar-refractivity contribution < 1.29 is 14.3 Å². The van der Waals surface area contributed by atoms with E-state index in [-0.39, 0.29) is 12.8 Å². The summed E-state index contributed by atoms with van der Waals surface area (Å²) in [6.07, 6.45) is 0. The highest BCUT2D eigenvalue weighted by molar-refractivity contribution is 7.13. The van der Waals surface area contributed by atoms with E-state index in [2.05, 4.69) is 15.5 Å². The van der Waals surface area contributed by atoms with E-state index < -0.39 is 0 Å². The molecule has 0 bridgehead atoms. The lowest BCUT2D eigenvalue weighted by Gasteiger charge is -2.20. The largest absolute Gasteiger partial charge is 0.454 e. The van der Waals surface area contributed by atoms with Crippen molar-refractivity contribution in [1.82, 2.24) is 15.1 Å². The van der Waals surface area contributed by atoms with Crippen LogP contribution in [-0.2, 0) is 6.54 Å². The van der Waals surface area contributed by atoms with Crippen molar-refractivity contribution in [3.63, 3.8) is 0 Å². The van der Waals surface area contributed by atoms with Crippen LogP contribution in [0.1, 0.15) is 12.5 Å². The number of rotatable bonds is 4. The summed E-state index contributed by atoms with van der Waals surface area (Å²) in [7, 11) is 0. The molecule has 1 aromatic carbocycles. The van der Waals surface area contributed by atoms with Gasteiger partial charge in [0.25, 0.3) is 0 Å². The number of amides is 2. The molecule has 7 nitrogen and oxygen atoms in total. The Labute approximate surface area is 125 Å². The van der Waals surface area contributed by atoms with Crippen LogP contribution in [-0.4, -0.2) is 34.5 Å². The topological polar surface area (TPSA) is 76.6 Å². The number of hydrogen-bond acceptors (Lipinski definition) is 6. The third-order valence-electron chi connectivity index (χ3n) is 3.05. The first-order valence-electron chi connectivity index (χ1n) is 6.47. The minimum absolute atomic E-state index is 0.202. The van der Waals surface area contributed by atoms with Gasteiger partial charge in [0.05, 0.1) is 0 Å². The van der Waals surface area contributed by atoms with E-state index in [0.717, 1.165) is 11.3 Å². The van der Waals surface area contributed by atoms with E-state index in [9.17, 15) is 4.79 Å². The highest BCUT2D eigenvalue weighted by Crippen LogP contribution is 2.32. The summed E-state index contributed by atoms with van der Waals surface area (Å²) < 4.78 is 10.6. The number of aromatic nitrogens is 2. The summed E-state index contributed by atoms with van der Waals surface area (Å²) in [5, 5.41) is 10.7. The summed E-state index contributed by atoms with van der Waals surface area (Å²) in [4.78, 5) is 13.9. The second-order valence-electron chi connectivity index (χ2n) is 4.38. The zero-order valence-corrected chi connectivity index (χ0v) is 12.2. The molecule has 2 aromatic rings. The predicted molar refractivity (Wildman–Crippen MR) is 77.6 cm³/mol. The van der Waals surface area contributed by atoms with E-state index in [4.69, 9.17) is 9.47 Å². The first-order valence-corrected chi connectivity index (χ1v) is 7.35. The fourth-order valence-electron chi connectivity index (χ4n) is 1.98. The Morgan fingerprint density at radius 1 is 1.43 bits per heavy atom. The van der Waals surface area contributed by atoms with Gasteiger partial charge in [-0.25, -0.2) is 4.79 Å². The molecule has 2 heterocycles. The van der Waals surface area contributed by atoms with Gasteiger partial charge in [-0.15, -0.1) is 10.2 Å². The SMILES string of the molecule is CCN(Cc1ccc2c(c1)OCO2)C(=O)Nc1nncs1. The van der Waals surface area contributed by atoms with Crippen molar-refractivity contribution in [2.75, 3.05) is 18.7 Å². The van der Waals surface area contributed by atoms with Gasteiger partial charge in [0.2, 0.25) is 11.9 Å². The van der Waals surface area contributed by atoms with Gasteiger partial charge in [0, 0.05) is 13.1 Å². The molecule has 1 aromatic heterocycles. The molecule has 110 valence electrons. The molecule has 2 amide bonds. The Morgan fingerprint density at radius 3 is 3.05 bits per heavy atom. The minimum Gasteiger partial charge on any atom is -0.454 e. The third kappa shape index (κ3) is 3.05. The van der Waals surface area contributed by atoms with Gasteiger partial charge in [-0.1, -0.05) is 17.4 Å². The van der Waals surface area contributed by atoms with Crippen LogP contribution in [0.15, 0.2) is 23.7 Å². The van der Waals surface area contributed by atoms with Crippen molar-refractivity contribution >= 4 is 22.5 Å². The molecule has 1 aliphatic heterocycles. The van der Waals surface area contributed by atoms with Crippen molar-refractivity contribution in [3.05, 3.63) is 29.3 Å². The van der Waals surface area contributed by atoms with E-state index in [1.807, 2.05) is 25.1 Å². The molecule has 0 aliphatic carbocycles. The van der Waals surface area contributed by atoms with Crippen molar-refractivity contribution in [2.24, 2.45) is 0 Å². The molecule has 0 spiro atoms. The molecular formula is C13H14N4O3S. The van der Waals surface area contributed by atoms with Crippen LogP contribution >= 0.6 is 11.3 Å². The molecule has 0 saturated heterocycles. The number of benzene rings is 1. The van der Waals surface area contributed by atoms with Crippen molar-refractivity contribution in [1.29, 1.82) is 0 Å². The number of carbonyl (C=O) groups excluding carboxylic acids is 1. The number of nitrogens with one attached hydrogen (secondary N) is 1. The maximum atomic E-state index is 12.2. The lowest BCUT2D eigenvalue weighted by molar-refractivity contribution is 0.174. The van der Waals surface area contributed by atoms with Gasteiger partial charge in [-0.3, -0.25) is 5.32 Å². The Hall–Kier alpha value is -2.35. The summed E-state index contributed by atoms with van der Waals surface area (Å²) in [6.45, 7) is 3.23. The highest BCUT2D eigenvalue weighted by Gasteiger charge is 2.17. The summed E-state index contributed by atoms with van der Waals surface area (Å²) in [6, 6.07) is 5.47. The lowest BCUT2D eigenvalue weighted by atomic mass is 10.2. The highest BCUT2D eigenvalue weighted by atomic mass is 32.1. The molecule has 0 atom stereocenters. The van der Waals surface area contributed by atoms with Crippen molar-refractivity contribution in [3.8, 4) is 11.5 Å². The van der Waals surface area contributed by atoms with Crippen LogP contribution in [0, 0.1) is 0 Å². The Balaban J connectivity index is 1.67. The molecule has 0 unspecified atom stereocenters. The first kappa shape index (κ1) is 13.6. The van der Waals surface area contributed by atoms with Gasteiger partial charge in [-0.05, 0) is 24.6 Å². The second kappa shape index (κ2) is 5.96. The Kier molecular flexibility index (Phi) is 3.87. The van der Waals surface area contributed by atoms with Gasteiger partial charge < -0.3 is 14.4 Å². The van der Waals surface area contributed by atoms with Crippen molar-refractivity contribution in [2.45, 2.75) is 13.5 Å². The average Bonchev–Trinajstić information content (AvgIpc) is 3.14. The number of carbonyl (C=O) groups is 1. The maximum absolute atomic E-state index is 12.2. The van der Waals surface area contributed by atoms with Gasteiger partial charge in [0.15, 0.2) is 11.5 Å². The number of ether oxygens (including phenoxy) is 2. The fourth-order valence-corrected chi connectivity index (χ4v) is 2.42. The summed E-state index contributed by atoms with van der Waals surface area (Å²) in [5.41, 5.74) is 2.55. The number of anilines is 1. The van der Waals surface area contributed by atoms with E-state index in [0.29, 0.717) is 24.0 Å². The van der Waals surface area contributed by atoms with Crippen LogP contribution in [0.3, 0.4) is 0 Å². The lowest BCUT2D eigenvalue weighted by Crippen LogP contribution is -2.34. The van der Waals surface area contributed by atoms with E-state index >= 15 is 0 Å². The number of urea groups is 1. The van der Waals surface area contributed by atoms with E-state index in [1.165, 1.54) is 11.3 Å². The molecule has 1 aliphatic rings. The molecule has 0 fully saturated rings. The van der Waals surface area contributed by atoms with Crippen LogP contribution in [0.5, 0.6) is 11.5 Å². The molecule has 21 heavy (non-hydrogen) atoms. The standard InChI is InChI=1S/C13H14N4O3S/c1-2-17(13(18)15-12-16-14-7-21-12)6-9-3-4-10-11(5-9)20-8-19-10/h3-5,7H,2,6,8H2,1H3,(H,15,16,18). The normalized spacial score (nSPS) is 12.2. The summed E-state index contributed by atoms with van der Waals surface area (Å²) in [5.74, 6) is 1.45. The Morgan fingerprint density at radius 2 is 2.29 bits per heavy atom. The van der Waals surface area contributed by atoms with Gasteiger partial charge in [0.1, 0.15) is 5.51 Å². The fraction of sp³-hybridized carbons (Fsp3) is 0.308. The molecule has 0 radical (unpaired) electrons. The number of fused-ring (bicyclic) bond motifs is 1. The van der Waals surface area contributed by atoms with Crippen LogP contribution < -0.4 is 14.8 Å². The first-order chi connectivity index (χ1) is 10.3. The zero-order valence-electron chi connectivity index (χ0n) is 11.4. The third-order valence-corrected chi connectivity index (χ3v) is 3.66. The van der Waals surface area contributed by atoms with Crippen LogP contribution in [0.2, 0.25) is 0 Å². The predicted octanol–water partition coefficient (Wildman–Crippen LogP) is 2.32.